The standard InChI is InChI=1S/C49H86NO8P/c1-3-5-7-9-11-13-15-17-19-21-22-23-24-26-28-30-32-34-36-38-40-42-49(53)56-45-47(51)46-58-59(54,55)57-44-43-50-48(52)41-39-37-35-33-31-29-27-25-20-18-16-14-12-10-8-6-4-2/h6,8,12,14,17-20,27,29,33,35,47,51H,3-5,7,9-11,13,15-16,21-26,28,30-32,34,36-46H2,1-2H3,(H,50,52)(H,54,55)/b8-6-,14-12-,19-17+,20-18-,29-27-,35-33-. The molecule has 0 saturated carbocycles. The van der Waals surface area contributed by atoms with Crippen molar-refractivity contribution in [3.05, 3.63) is 72.9 Å². The van der Waals surface area contributed by atoms with Gasteiger partial charge in [-0.2, -0.15) is 0 Å². The molecule has 59 heavy (non-hydrogen) atoms. The second kappa shape index (κ2) is 45.0. The summed E-state index contributed by atoms with van der Waals surface area (Å²) in [4.78, 5) is 34.0. The van der Waals surface area contributed by atoms with Gasteiger partial charge in [-0.25, -0.2) is 4.57 Å². The molecule has 0 aromatic carbocycles. The summed E-state index contributed by atoms with van der Waals surface area (Å²) in [6.45, 7) is 3.37. The molecule has 0 heterocycles. The predicted molar refractivity (Wildman–Crippen MR) is 247 cm³/mol. The van der Waals surface area contributed by atoms with Gasteiger partial charge in [-0.05, 0) is 77.0 Å². The van der Waals surface area contributed by atoms with Gasteiger partial charge >= 0.3 is 13.8 Å². The van der Waals surface area contributed by atoms with Crippen molar-refractivity contribution in [2.45, 2.75) is 200 Å². The van der Waals surface area contributed by atoms with Crippen molar-refractivity contribution in [1.29, 1.82) is 0 Å². The van der Waals surface area contributed by atoms with E-state index in [0.717, 1.165) is 57.8 Å². The van der Waals surface area contributed by atoms with Crippen LogP contribution >= 0.6 is 7.82 Å². The van der Waals surface area contributed by atoms with E-state index >= 15 is 0 Å². The Balaban J connectivity index is 3.64. The highest BCUT2D eigenvalue weighted by molar-refractivity contribution is 7.47. The fourth-order valence-corrected chi connectivity index (χ4v) is 6.87. The number of phosphoric ester groups is 1. The first kappa shape index (κ1) is 56.5. The Bertz CT molecular complexity index is 1190. The number of rotatable bonds is 43. The lowest BCUT2D eigenvalue weighted by molar-refractivity contribution is -0.147. The minimum absolute atomic E-state index is 0.0481. The highest BCUT2D eigenvalue weighted by atomic mass is 31.2. The molecule has 0 aliphatic rings. The monoisotopic (exact) mass is 848 g/mol. The predicted octanol–water partition coefficient (Wildman–Crippen LogP) is 13.4. The van der Waals surface area contributed by atoms with Crippen LogP contribution in [0.25, 0.3) is 0 Å². The van der Waals surface area contributed by atoms with Crippen LogP contribution in [0.1, 0.15) is 194 Å². The molecule has 0 radical (unpaired) electrons. The molecule has 0 aliphatic carbocycles. The van der Waals surface area contributed by atoms with Gasteiger partial charge in [0.05, 0.1) is 13.2 Å². The van der Waals surface area contributed by atoms with Gasteiger partial charge in [-0.15, -0.1) is 0 Å². The number of nitrogens with one attached hydrogen (secondary N) is 1. The van der Waals surface area contributed by atoms with Crippen LogP contribution in [0.5, 0.6) is 0 Å². The summed E-state index contributed by atoms with van der Waals surface area (Å²) >= 11 is 0. The number of aliphatic hydroxyl groups is 1. The number of amides is 1. The summed E-state index contributed by atoms with van der Waals surface area (Å²) in [6, 6.07) is 0. The van der Waals surface area contributed by atoms with Crippen molar-refractivity contribution < 1.29 is 37.9 Å². The summed E-state index contributed by atoms with van der Waals surface area (Å²) in [5, 5.41) is 12.7. The molecule has 0 aliphatic heterocycles. The number of esters is 1. The van der Waals surface area contributed by atoms with Gasteiger partial charge in [0.1, 0.15) is 12.7 Å². The number of phosphoric acid groups is 1. The molecular formula is C49H86NO8P. The molecule has 10 heteroatoms. The lowest BCUT2D eigenvalue weighted by atomic mass is 10.0. The fraction of sp³-hybridized carbons (Fsp3) is 0.714. The Morgan fingerprint density at radius 2 is 0.983 bits per heavy atom. The first-order valence-corrected chi connectivity index (χ1v) is 24.9. The Labute approximate surface area is 360 Å². The largest absolute Gasteiger partial charge is 0.472 e. The number of hydrogen-bond acceptors (Lipinski definition) is 7. The number of aliphatic hydroxyl groups excluding tert-OH is 1. The van der Waals surface area contributed by atoms with Gasteiger partial charge in [0, 0.05) is 19.4 Å². The molecule has 0 fully saturated rings. The number of unbranched alkanes of at least 4 members (excludes halogenated alkanes) is 18. The van der Waals surface area contributed by atoms with E-state index < -0.39 is 26.5 Å². The zero-order chi connectivity index (χ0) is 43.2. The topological polar surface area (TPSA) is 131 Å². The van der Waals surface area contributed by atoms with Crippen LogP contribution < -0.4 is 5.32 Å². The minimum Gasteiger partial charge on any atom is -0.463 e. The maximum Gasteiger partial charge on any atom is 0.472 e. The smallest absolute Gasteiger partial charge is 0.463 e. The SMILES string of the molecule is CC/C=C\C/C=C\C/C=C\C/C=C\C/C=C\CCCC(=O)NCCOP(=O)(O)OCC(O)COC(=O)CCCCCCCCCCCCC/C=C/CCCCCCCC. The average Bonchev–Trinajstić information content (AvgIpc) is 3.22. The molecule has 0 spiro atoms. The second-order valence-corrected chi connectivity index (χ2v) is 16.8. The van der Waals surface area contributed by atoms with Crippen molar-refractivity contribution in [3.8, 4) is 0 Å². The van der Waals surface area contributed by atoms with Crippen molar-refractivity contribution in [3.63, 3.8) is 0 Å². The van der Waals surface area contributed by atoms with Crippen LogP contribution in [-0.4, -0.2) is 54.3 Å². The van der Waals surface area contributed by atoms with Crippen LogP contribution in [-0.2, 0) is 27.9 Å². The summed E-state index contributed by atoms with van der Waals surface area (Å²) in [5.41, 5.74) is 0. The molecule has 0 saturated heterocycles. The number of ether oxygens (including phenoxy) is 1. The van der Waals surface area contributed by atoms with Crippen molar-refractivity contribution in [2.75, 3.05) is 26.4 Å². The summed E-state index contributed by atoms with van der Waals surface area (Å²) in [7, 11) is -4.44. The third kappa shape index (κ3) is 46.4. The Morgan fingerprint density at radius 1 is 0.542 bits per heavy atom. The average molecular weight is 848 g/mol. The van der Waals surface area contributed by atoms with Crippen molar-refractivity contribution in [1.82, 2.24) is 5.32 Å². The van der Waals surface area contributed by atoms with Gasteiger partial charge in [-0.3, -0.25) is 18.6 Å². The Hall–Kier alpha value is -2.55. The molecule has 2 atom stereocenters. The third-order valence-corrected chi connectivity index (χ3v) is 10.6. The lowest BCUT2D eigenvalue weighted by Crippen LogP contribution is -2.27. The van der Waals surface area contributed by atoms with Gasteiger partial charge < -0.3 is 20.1 Å². The maximum absolute atomic E-state index is 12.1. The Kier molecular flexibility index (Phi) is 43.0. The van der Waals surface area contributed by atoms with Gasteiger partial charge in [0.15, 0.2) is 0 Å². The van der Waals surface area contributed by atoms with E-state index in [9.17, 15) is 24.2 Å². The van der Waals surface area contributed by atoms with Crippen LogP contribution in [0.4, 0.5) is 0 Å². The van der Waals surface area contributed by atoms with Gasteiger partial charge in [0.2, 0.25) is 5.91 Å². The van der Waals surface area contributed by atoms with Crippen LogP contribution in [0.15, 0.2) is 72.9 Å². The first-order valence-electron chi connectivity index (χ1n) is 23.4. The number of carbonyl (C=O) groups excluding carboxylic acids is 2. The summed E-state index contributed by atoms with van der Waals surface area (Å²) in [6.07, 6.45) is 55.6. The first-order chi connectivity index (χ1) is 28.8. The zero-order valence-corrected chi connectivity index (χ0v) is 38.3. The Morgan fingerprint density at radius 3 is 1.51 bits per heavy atom. The van der Waals surface area contributed by atoms with E-state index in [1.54, 1.807) is 0 Å². The minimum atomic E-state index is -4.44. The molecule has 9 nitrogen and oxygen atoms in total. The highest BCUT2D eigenvalue weighted by Gasteiger charge is 2.23. The molecule has 340 valence electrons. The molecule has 0 bridgehead atoms. The lowest BCUT2D eigenvalue weighted by Gasteiger charge is -2.15. The van der Waals surface area contributed by atoms with E-state index in [1.807, 2.05) is 0 Å². The number of allylic oxidation sites excluding steroid dienone is 12. The third-order valence-electron chi connectivity index (χ3n) is 9.62. The maximum atomic E-state index is 12.1. The molecular weight excluding hydrogens is 762 g/mol. The zero-order valence-electron chi connectivity index (χ0n) is 37.4. The van der Waals surface area contributed by atoms with E-state index in [1.165, 1.54) is 103 Å². The summed E-state index contributed by atoms with van der Waals surface area (Å²) < 4.78 is 26.9. The molecule has 0 rings (SSSR count). The molecule has 3 N–H and O–H groups in total. The van der Waals surface area contributed by atoms with E-state index in [2.05, 4.69) is 92.1 Å². The fourth-order valence-electron chi connectivity index (χ4n) is 6.12. The van der Waals surface area contributed by atoms with Crippen LogP contribution in [0.2, 0.25) is 0 Å². The molecule has 1 amide bonds. The molecule has 0 aromatic heterocycles. The quantitative estimate of drug-likeness (QED) is 0.0239. The van der Waals surface area contributed by atoms with Gasteiger partial charge in [0.25, 0.3) is 0 Å². The molecule has 2 unspecified atom stereocenters. The van der Waals surface area contributed by atoms with Crippen LogP contribution in [0.3, 0.4) is 0 Å². The van der Waals surface area contributed by atoms with E-state index in [0.29, 0.717) is 12.8 Å². The van der Waals surface area contributed by atoms with Crippen LogP contribution in [0, 0.1) is 0 Å². The van der Waals surface area contributed by atoms with Crippen molar-refractivity contribution in [2.24, 2.45) is 0 Å². The number of carbonyl (C=O) groups is 2. The normalized spacial score (nSPS) is 13.9. The highest BCUT2D eigenvalue weighted by Crippen LogP contribution is 2.42. The van der Waals surface area contributed by atoms with E-state index in [4.69, 9.17) is 13.8 Å². The second-order valence-electron chi connectivity index (χ2n) is 15.3. The molecule has 0 aromatic rings. The van der Waals surface area contributed by atoms with Crippen molar-refractivity contribution >= 4 is 19.7 Å². The van der Waals surface area contributed by atoms with E-state index in [-0.39, 0.29) is 32.1 Å². The summed E-state index contributed by atoms with van der Waals surface area (Å²) in [5.74, 6) is -0.578. The number of hydrogen-bond donors (Lipinski definition) is 3. The van der Waals surface area contributed by atoms with Gasteiger partial charge in [-0.1, -0.05) is 177 Å².